The number of carbonyl (C=O) groups excluding carboxylic acids is 2. The summed E-state index contributed by atoms with van der Waals surface area (Å²) >= 11 is 0. The second-order valence-electron chi connectivity index (χ2n) is 9.18. The number of aryl methyl sites for hydroxylation is 3. The van der Waals surface area contributed by atoms with E-state index < -0.39 is 13.6 Å². The highest BCUT2D eigenvalue weighted by atomic mass is 31.1. The number of aliphatic hydroxyl groups is 1. The van der Waals surface area contributed by atoms with Crippen LogP contribution < -0.4 is 5.30 Å². The first-order valence-electron chi connectivity index (χ1n) is 11.8. The molecule has 0 aliphatic heterocycles. The quantitative estimate of drug-likeness (QED) is 0.349. The van der Waals surface area contributed by atoms with Crippen LogP contribution >= 0.6 is 8.03 Å². The predicted octanol–water partition coefficient (Wildman–Crippen LogP) is 5.77. The molecule has 3 aromatic rings. The van der Waals surface area contributed by atoms with Crippen LogP contribution in [0.1, 0.15) is 75.1 Å². The minimum absolute atomic E-state index is 0.109. The van der Waals surface area contributed by atoms with Gasteiger partial charge < -0.3 is 5.11 Å². The maximum atomic E-state index is 12.7. The van der Waals surface area contributed by atoms with Gasteiger partial charge in [-0.1, -0.05) is 79.4 Å². The van der Waals surface area contributed by atoms with Crippen molar-refractivity contribution >= 4 is 24.9 Å². The van der Waals surface area contributed by atoms with E-state index in [1.807, 2.05) is 51.1 Å². The Morgan fingerprint density at radius 3 is 1.94 bits per heavy atom. The van der Waals surface area contributed by atoms with Crippen molar-refractivity contribution < 1.29 is 24.2 Å². The van der Waals surface area contributed by atoms with Crippen molar-refractivity contribution in [3.8, 4) is 0 Å². The Morgan fingerprint density at radius 2 is 1.37 bits per heavy atom. The molecule has 0 saturated heterocycles. The van der Waals surface area contributed by atoms with Crippen molar-refractivity contribution in [2.24, 2.45) is 0 Å². The summed E-state index contributed by atoms with van der Waals surface area (Å²) in [6.07, 6.45) is 4.26. The van der Waals surface area contributed by atoms with Gasteiger partial charge in [0.25, 0.3) is 0 Å². The molecule has 1 aliphatic carbocycles. The molecule has 0 bridgehead atoms. The van der Waals surface area contributed by atoms with Gasteiger partial charge in [0.05, 0.1) is 5.56 Å². The van der Waals surface area contributed by atoms with Crippen LogP contribution in [0.2, 0.25) is 0 Å². The Hall–Kier alpha value is -2.98. The predicted molar refractivity (Wildman–Crippen MR) is 139 cm³/mol. The van der Waals surface area contributed by atoms with Crippen LogP contribution in [-0.4, -0.2) is 27.2 Å². The molecule has 0 heterocycles. The van der Waals surface area contributed by atoms with Gasteiger partial charge in [0.15, 0.2) is 11.6 Å². The molecule has 0 aromatic heterocycles. The van der Waals surface area contributed by atoms with Crippen molar-refractivity contribution in [1.29, 1.82) is 0 Å². The average molecular weight is 492 g/mol. The first-order chi connectivity index (χ1) is 16.6. The molecule has 0 radical (unpaired) electrons. The Labute approximate surface area is 207 Å². The smallest absolute Gasteiger partial charge is 0.382 e. The highest BCUT2D eigenvalue weighted by Crippen LogP contribution is 2.31. The standard InChI is InChI=1S/C16H15O3P.C13H16O2/c1-10-8-11(2)15(12(3)9-10)16(17)13-6-4-5-7-14(13)20(18)19;14-12(11-7-3-1-4-8-11)13(15)9-5-2-6-10-13/h4-9H,1-3H3;1,3-4,7-8,15H,2,5-6,9-10H2/p+1. The Morgan fingerprint density at radius 1 is 0.829 bits per heavy atom. The maximum absolute atomic E-state index is 12.7. The van der Waals surface area contributed by atoms with Crippen molar-refractivity contribution in [2.45, 2.75) is 58.5 Å². The van der Waals surface area contributed by atoms with Gasteiger partial charge in [0.1, 0.15) is 5.60 Å². The van der Waals surface area contributed by atoms with Crippen molar-refractivity contribution in [2.75, 3.05) is 0 Å². The molecule has 1 atom stereocenters. The number of carbonyl (C=O) groups is 2. The molecule has 3 aromatic carbocycles. The van der Waals surface area contributed by atoms with E-state index in [9.17, 15) is 24.2 Å². The number of Topliss-reactive ketones (excluding diaryl/α,β-unsaturated/α-hetero) is 1. The topological polar surface area (TPSA) is 91.7 Å². The van der Waals surface area contributed by atoms with Gasteiger partial charge in [-0.15, -0.1) is 0 Å². The highest BCUT2D eigenvalue weighted by Gasteiger charge is 2.37. The van der Waals surface area contributed by atoms with E-state index in [2.05, 4.69) is 0 Å². The molecule has 0 amide bonds. The summed E-state index contributed by atoms with van der Waals surface area (Å²) in [4.78, 5) is 34.1. The van der Waals surface area contributed by atoms with Gasteiger partial charge >= 0.3 is 8.03 Å². The molecule has 0 spiro atoms. The second-order valence-corrected chi connectivity index (χ2v) is 10.2. The third kappa shape index (κ3) is 6.37. The zero-order valence-corrected chi connectivity index (χ0v) is 21.3. The van der Waals surface area contributed by atoms with Crippen LogP contribution in [0.25, 0.3) is 0 Å². The number of ketones is 2. The Bertz CT molecular complexity index is 1200. The first kappa shape index (κ1) is 26.6. The lowest BCUT2D eigenvalue weighted by atomic mass is 9.79. The SMILES string of the molecule is Cc1cc(C)c(C(=O)c2ccccc2[P+](=O)O)c(C)c1.O=C(c1ccccc1)C1(O)CCCCC1. The largest absolute Gasteiger partial charge is 0.546 e. The van der Waals surface area contributed by atoms with E-state index in [0.717, 1.165) is 36.0 Å². The molecule has 182 valence electrons. The van der Waals surface area contributed by atoms with Gasteiger partial charge in [-0.3, -0.25) is 9.59 Å². The van der Waals surface area contributed by atoms with Crippen LogP contribution in [-0.2, 0) is 4.57 Å². The van der Waals surface area contributed by atoms with Crippen LogP contribution in [0.3, 0.4) is 0 Å². The molecule has 5 nitrogen and oxygen atoms in total. The molecular weight excluding hydrogens is 459 g/mol. The van der Waals surface area contributed by atoms with E-state index in [1.165, 1.54) is 6.07 Å². The summed E-state index contributed by atoms with van der Waals surface area (Å²) < 4.78 is 11.4. The minimum atomic E-state index is -2.54. The highest BCUT2D eigenvalue weighted by molar-refractivity contribution is 7.47. The van der Waals surface area contributed by atoms with Gasteiger partial charge in [0.2, 0.25) is 5.30 Å². The fourth-order valence-corrected chi connectivity index (χ4v) is 5.32. The molecule has 1 aliphatic rings. The van der Waals surface area contributed by atoms with Gasteiger partial charge in [0, 0.05) is 11.1 Å². The molecule has 6 heteroatoms. The molecule has 2 N–H and O–H groups in total. The number of rotatable bonds is 5. The van der Waals surface area contributed by atoms with Crippen LogP contribution in [0, 0.1) is 20.8 Å². The zero-order valence-electron chi connectivity index (χ0n) is 20.5. The fraction of sp³-hybridized carbons (Fsp3) is 0.310. The van der Waals surface area contributed by atoms with E-state index in [-0.39, 0.29) is 16.9 Å². The molecule has 1 fully saturated rings. The third-order valence-corrected chi connectivity index (χ3v) is 7.20. The summed E-state index contributed by atoms with van der Waals surface area (Å²) in [7, 11) is -2.54. The van der Waals surface area contributed by atoms with Gasteiger partial charge in [-0.25, -0.2) is 0 Å². The first-order valence-corrected chi connectivity index (χ1v) is 13.1. The normalized spacial score (nSPS) is 14.9. The summed E-state index contributed by atoms with van der Waals surface area (Å²) in [5.41, 5.74) is 3.30. The van der Waals surface area contributed by atoms with E-state index in [1.54, 1.807) is 30.3 Å². The second kappa shape index (κ2) is 11.6. The van der Waals surface area contributed by atoms with Gasteiger partial charge in [-0.2, -0.15) is 4.89 Å². The third-order valence-electron chi connectivity index (χ3n) is 6.40. The van der Waals surface area contributed by atoms with E-state index >= 15 is 0 Å². The summed E-state index contributed by atoms with van der Waals surface area (Å²) in [5.74, 6) is -0.309. The maximum Gasteiger partial charge on any atom is 0.546 e. The summed E-state index contributed by atoms with van der Waals surface area (Å²) in [6.45, 7) is 5.75. The average Bonchev–Trinajstić information content (AvgIpc) is 2.84. The van der Waals surface area contributed by atoms with Crippen LogP contribution in [0.15, 0.2) is 66.7 Å². The molecule has 35 heavy (non-hydrogen) atoms. The Balaban J connectivity index is 0.000000203. The Kier molecular flexibility index (Phi) is 8.85. The lowest BCUT2D eigenvalue weighted by molar-refractivity contribution is 0.0116. The van der Waals surface area contributed by atoms with Crippen molar-refractivity contribution in [3.63, 3.8) is 0 Å². The summed E-state index contributed by atoms with van der Waals surface area (Å²) in [5, 5.41) is 10.4. The van der Waals surface area contributed by atoms with Gasteiger partial charge in [-0.05, 0) is 61.4 Å². The number of hydrogen-bond acceptors (Lipinski definition) is 4. The molecule has 4 rings (SSSR count). The van der Waals surface area contributed by atoms with Crippen molar-refractivity contribution in [3.05, 3.63) is 100 Å². The molecule has 1 saturated carbocycles. The van der Waals surface area contributed by atoms with Crippen molar-refractivity contribution in [1.82, 2.24) is 0 Å². The lowest BCUT2D eigenvalue weighted by Gasteiger charge is -2.30. The van der Waals surface area contributed by atoms with Crippen LogP contribution in [0.5, 0.6) is 0 Å². The minimum Gasteiger partial charge on any atom is -0.382 e. The molecule has 1 unspecified atom stereocenters. The summed E-state index contributed by atoms with van der Waals surface area (Å²) in [6, 6.07) is 19.5. The number of hydrogen-bond donors (Lipinski definition) is 2. The van der Waals surface area contributed by atoms with Crippen LogP contribution in [0.4, 0.5) is 0 Å². The zero-order chi connectivity index (χ0) is 25.6. The monoisotopic (exact) mass is 491 g/mol. The number of benzene rings is 3. The molecular formula is C29H32O5P+. The fourth-order valence-electron chi connectivity index (χ4n) is 4.73. The van der Waals surface area contributed by atoms with E-state index in [4.69, 9.17) is 0 Å². The lowest BCUT2D eigenvalue weighted by Crippen LogP contribution is -2.40. The van der Waals surface area contributed by atoms with E-state index in [0.29, 0.717) is 29.5 Å².